The second-order valence-corrected chi connectivity index (χ2v) is 5.94. The van der Waals surface area contributed by atoms with Crippen LogP contribution in [0.3, 0.4) is 0 Å². The molecule has 0 aliphatic heterocycles. The van der Waals surface area contributed by atoms with E-state index in [-0.39, 0.29) is 6.04 Å². The van der Waals surface area contributed by atoms with Crippen molar-refractivity contribution in [3.8, 4) is 0 Å². The summed E-state index contributed by atoms with van der Waals surface area (Å²) in [6.07, 6.45) is 2.75. The van der Waals surface area contributed by atoms with E-state index in [1.54, 1.807) is 6.26 Å². The number of likely N-dealkylation sites (N-methyl/N-ethyl adjacent to an activating group) is 1. The van der Waals surface area contributed by atoms with Crippen LogP contribution in [0.2, 0.25) is 0 Å². The number of aryl methyl sites for hydroxylation is 1. The van der Waals surface area contributed by atoms with Crippen molar-refractivity contribution in [1.29, 1.82) is 0 Å². The van der Waals surface area contributed by atoms with Crippen molar-refractivity contribution in [3.05, 3.63) is 54.0 Å². The maximum Gasteiger partial charge on any atom is 0.171 e. The van der Waals surface area contributed by atoms with Gasteiger partial charge in [-0.1, -0.05) is 19.1 Å². The normalized spacial score (nSPS) is 12.2. The van der Waals surface area contributed by atoms with Crippen LogP contribution in [-0.2, 0) is 6.42 Å². The van der Waals surface area contributed by atoms with Crippen LogP contribution in [0.5, 0.6) is 0 Å². The molecule has 0 spiro atoms. The van der Waals surface area contributed by atoms with Crippen LogP contribution in [0.25, 0.3) is 0 Å². The summed E-state index contributed by atoms with van der Waals surface area (Å²) in [4.78, 5) is 1.29. The summed E-state index contributed by atoms with van der Waals surface area (Å²) in [6, 6.07) is 12.5. The molecule has 0 saturated heterocycles. The van der Waals surface area contributed by atoms with Gasteiger partial charge in [0.25, 0.3) is 0 Å². The molecule has 0 aliphatic carbocycles. The van der Waals surface area contributed by atoms with Crippen LogP contribution in [0, 0.1) is 0 Å². The average Bonchev–Trinajstić information content (AvgIpc) is 3.02. The molecule has 0 aliphatic rings. The van der Waals surface area contributed by atoms with Crippen LogP contribution in [0.1, 0.15) is 24.3 Å². The number of anilines is 1. The van der Waals surface area contributed by atoms with Gasteiger partial charge in [0, 0.05) is 5.69 Å². The van der Waals surface area contributed by atoms with Crippen LogP contribution in [-0.4, -0.2) is 25.8 Å². The Bertz CT molecular complexity index is 578. The molecule has 0 radical (unpaired) electrons. The molecule has 22 heavy (non-hydrogen) atoms. The number of furan rings is 1. The van der Waals surface area contributed by atoms with Gasteiger partial charge in [0.2, 0.25) is 0 Å². The maximum atomic E-state index is 5.51. The minimum absolute atomic E-state index is 0.220. The monoisotopic (exact) mass is 318 g/mol. The summed E-state index contributed by atoms with van der Waals surface area (Å²) in [6.45, 7) is 2.86. The fraction of sp³-hybridized carbons (Fsp3) is 0.353. The number of nitrogens with one attached hydrogen (secondary N) is 3. The van der Waals surface area contributed by atoms with Crippen LogP contribution >= 0.6 is 12.2 Å². The number of hydrogen-bond acceptors (Lipinski definition) is 2. The Hall–Kier alpha value is -1.85. The van der Waals surface area contributed by atoms with E-state index < -0.39 is 0 Å². The SMILES string of the molecule is CCc1ccc(NC(=S)NC[C@@H](c2ccco2)[NH+](C)C)cc1. The highest BCUT2D eigenvalue weighted by Gasteiger charge is 2.20. The molecule has 2 rings (SSSR count). The van der Waals surface area contributed by atoms with Gasteiger partial charge in [0.1, 0.15) is 0 Å². The first-order valence-corrected chi connectivity index (χ1v) is 7.98. The van der Waals surface area contributed by atoms with E-state index >= 15 is 0 Å². The standard InChI is InChI=1S/C17H23N3OS/c1-4-13-7-9-14(10-8-13)19-17(22)18-12-15(20(2)3)16-6-5-11-21-16/h5-11,15H,4,12H2,1-3H3,(H2,18,19,22)/p+1/t15-/m0/s1. The Kier molecular flexibility index (Phi) is 5.98. The summed E-state index contributed by atoms with van der Waals surface area (Å²) < 4.78 is 5.51. The molecule has 5 heteroatoms. The minimum atomic E-state index is 0.220. The zero-order valence-corrected chi connectivity index (χ0v) is 14.2. The van der Waals surface area contributed by atoms with Gasteiger partial charge in [0.15, 0.2) is 16.9 Å². The van der Waals surface area contributed by atoms with E-state index in [1.165, 1.54) is 10.5 Å². The Morgan fingerprint density at radius 1 is 1.23 bits per heavy atom. The largest absolute Gasteiger partial charge is 0.463 e. The lowest BCUT2D eigenvalue weighted by Crippen LogP contribution is -3.07. The number of hydrogen-bond donors (Lipinski definition) is 3. The number of thiocarbonyl (C=S) groups is 1. The molecule has 3 N–H and O–H groups in total. The predicted molar refractivity (Wildman–Crippen MR) is 94.3 cm³/mol. The van der Waals surface area contributed by atoms with Crippen molar-refractivity contribution in [2.75, 3.05) is 26.0 Å². The Labute approximate surface area is 137 Å². The summed E-state index contributed by atoms with van der Waals surface area (Å²) in [5, 5.41) is 7.11. The number of benzene rings is 1. The first-order valence-electron chi connectivity index (χ1n) is 7.57. The van der Waals surface area contributed by atoms with E-state index in [4.69, 9.17) is 16.6 Å². The molecule has 0 fully saturated rings. The zero-order valence-electron chi connectivity index (χ0n) is 13.3. The molecule has 1 aromatic carbocycles. The van der Waals surface area contributed by atoms with Crippen LogP contribution in [0.15, 0.2) is 47.1 Å². The van der Waals surface area contributed by atoms with Gasteiger partial charge in [-0.05, 0) is 48.5 Å². The fourth-order valence-corrected chi connectivity index (χ4v) is 2.47. The van der Waals surface area contributed by atoms with Gasteiger partial charge in [0.05, 0.1) is 26.9 Å². The van der Waals surface area contributed by atoms with E-state index in [1.807, 2.05) is 24.3 Å². The predicted octanol–water partition coefficient (Wildman–Crippen LogP) is 2.01. The van der Waals surface area contributed by atoms with E-state index in [0.717, 1.165) is 17.9 Å². The third-order valence-corrected chi connectivity index (χ3v) is 3.92. The first kappa shape index (κ1) is 16.5. The maximum absolute atomic E-state index is 5.51. The molecular weight excluding hydrogens is 294 g/mol. The van der Waals surface area contributed by atoms with Gasteiger partial charge >= 0.3 is 0 Å². The van der Waals surface area contributed by atoms with E-state index in [9.17, 15) is 0 Å². The third-order valence-electron chi connectivity index (χ3n) is 3.67. The number of quaternary nitrogens is 1. The second kappa shape index (κ2) is 7.96. The van der Waals surface area contributed by atoms with Crippen LogP contribution in [0.4, 0.5) is 5.69 Å². The van der Waals surface area contributed by atoms with Gasteiger partial charge < -0.3 is 20.0 Å². The molecule has 0 amide bonds. The van der Waals surface area contributed by atoms with Gasteiger partial charge in [-0.15, -0.1) is 0 Å². The molecular formula is C17H24N3OS+. The highest BCUT2D eigenvalue weighted by molar-refractivity contribution is 7.80. The Balaban J connectivity index is 1.88. The molecule has 1 atom stereocenters. The zero-order chi connectivity index (χ0) is 15.9. The molecule has 2 aromatic rings. The van der Waals surface area contributed by atoms with Crippen molar-refractivity contribution < 1.29 is 9.32 Å². The molecule has 118 valence electrons. The summed E-state index contributed by atoms with van der Waals surface area (Å²) in [5.74, 6) is 0.961. The van der Waals surface area contributed by atoms with Crippen LogP contribution < -0.4 is 15.5 Å². The smallest absolute Gasteiger partial charge is 0.171 e. The molecule has 1 heterocycles. The van der Waals surface area contributed by atoms with Crippen molar-refractivity contribution in [1.82, 2.24) is 5.32 Å². The van der Waals surface area contributed by atoms with E-state index in [0.29, 0.717) is 11.7 Å². The highest BCUT2D eigenvalue weighted by atomic mass is 32.1. The average molecular weight is 318 g/mol. The highest BCUT2D eigenvalue weighted by Crippen LogP contribution is 2.11. The fourth-order valence-electron chi connectivity index (χ4n) is 2.27. The lowest BCUT2D eigenvalue weighted by molar-refractivity contribution is -0.891. The molecule has 0 unspecified atom stereocenters. The quantitative estimate of drug-likeness (QED) is 0.713. The summed E-state index contributed by atoms with van der Waals surface area (Å²) in [5.41, 5.74) is 2.32. The topological polar surface area (TPSA) is 41.6 Å². The molecule has 0 saturated carbocycles. The molecule has 1 aromatic heterocycles. The second-order valence-electron chi connectivity index (χ2n) is 5.53. The van der Waals surface area contributed by atoms with Crippen molar-refractivity contribution >= 4 is 23.0 Å². The molecule has 0 bridgehead atoms. The first-order chi connectivity index (χ1) is 10.6. The Morgan fingerprint density at radius 2 is 1.95 bits per heavy atom. The summed E-state index contributed by atoms with van der Waals surface area (Å²) in [7, 11) is 4.21. The lowest BCUT2D eigenvalue weighted by atomic mass is 10.1. The van der Waals surface area contributed by atoms with Crippen molar-refractivity contribution in [2.45, 2.75) is 19.4 Å². The van der Waals surface area contributed by atoms with E-state index in [2.05, 4.69) is 43.8 Å². The lowest BCUT2D eigenvalue weighted by Gasteiger charge is -2.20. The van der Waals surface area contributed by atoms with Gasteiger partial charge in [-0.2, -0.15) is 0 Å². The molecule has 4 nitrogen and oxygen atoms in total. The van der Waals surface area contributed by atoms with Gasteiger partial charge in [-0.3, -0.25) is 0 Å². The third kappa shape index (κ3) is 4.58. The van der Waals surface area contributed by atoms with Crippen molar-refractivity contribution in [2.24, 2.45) is 0 Å². The Morgan fingerprint density at radius 3 is 2.50 bits per heavy atom. The van der Waals surface area contributed by atoms with Gasteiger partial charge in [-0.25, -0.2) is 0 Å². The number of rotatable bonds is 6. The summed E-state index contributed by atoms with van der Waals surface area (Å²) >= 11 is 5.37. The minimum Gasteiger partial charge on any atom is -0.463 e. The van der Waals surface area contributed by atoms with Crippen molar-refractivity contribution in [3.63, 3.8) is 0 Å².